The Balaban J connectivity index is 2.22. The maximum atomic E-state index is 6.67. The monoisotopic (exact) mass is 331 g/mol. The standard InChI is InChI=1S/C22H37NO/c1-17(2)21(20-15-11-8-12-16-20)23(22(4,5)6)24-18(3)19-13-9-7-10-14-19/h8,11-12,15-19,21H,7,9-10,13-14H2,1-6H3. The zero-order valence-corrected chi connectivity index (χ0v) is 16.6. The summed E-state index contributed by atoms with van der Waals surface area (Å²) < 4.78 is 0. The summed E-state index contributed by atoms with van der Waals surface area (Å²) in [6, 6.07) is 11.1. The van der Waals surface area contributed by atoms with Gasteiger partial charge in [0.2, 0.25) is 0 Å². The van der Waals surface area contributed by atoms with E-state index in [2.05, 4.69) is 76.9 Å². The molecule has 0 saturated heterocycles. The highest BCUT2D eigenvalue weighted by molar-refractivity contribution is 5.19. The molecule has 1 aliphatic rings. The highest BCUT2D eigenvalue weighted by atomic mass is 16.7. The number of nitrogens with zero attached hydrogens (tertiary/aromatic N) is 1. The van der Waals surface area contributed by atoms with Gasteiger partial charge < -0.3 is 0 Å². The van der Waals surface area contributed by atoms with Crippen LogP contribution in [0.4, 0.5) is 0 Å². The van der Waals surface area contributed by atoms with Crippen LogP contribution in [0.2, 0.25) is 0 Å². The fourth-order valence-electron chi connectivity index (χ4n) is 3.95. The van der Waals surface area contributed by atoms with Crippen molar-refractivity contribution in [3.8, 4) is 0 Å². The van der Waals surface area contributed by atoms with Crippen LogP contribution < -0.4 is 0 Å². The van der Waals surface area contributed by atoms with E-state index >= 15 is 0 Å². The lowest BCUT2D eigenvalue weighted by molar-refractivity contribution is -0.280. The van der Waals surface area contributed by atoms with Gasteiger partial charge in [-0.2, -0.15) is 5.06 Å². The van der Waals surface area contributed by atoms with E-state index in [-0.39, 0.29) is 17.7 Å². The molecule has 2 atom stereocenters. The maximum Gasteiger partial charge on any atom is 0.0793 e. The minimum Gasteiger partial charge on any atom is -0.295 e. The topological polar surface area (TPSA) is 12.5 Å². The van der Waals surface area contributed by atoms with Gasteiger partial charge in [0.1, 0.15) is 0 Å². The second-order valence-corrected chi connectivity index (χ2v) is 8.80. The van der Waals surface area contributed by atoms with Gasteiger partial charge >= 0.3 is 0 Å². The largest absolute Gasteiger partial charge is 0.295 e. The van der Waals surface area contributed by atoms with E-state index in [4.69, 9.17) is 4.84 Å². The second kappa shape index (κ2) is 8.49. The van der Waals surface area contributed by atoms with E-state index in [1.807, 2.05) is 0 Å². The Bertz CT molecular complexity index is 470. The van der Waals surface area contributed by atoms with Crippen molar-refractivity contribution in [3.63, 3.8) is 0 Å². The molecule has 1 aromatic carbocycles. The van der Waals surface area contributed by atoms with Gasteiger partial charge in [0.25, 0.3) is 0 Å². The van der Waals surface area contributed by atoms with Crippen LogP contribution in [0.5, 0.6) is 0 Å². The third-order valence-electron chi connectivity index (χ3n) is 5.28. The second-order valence-electron chi connectivity index (χ2n) is 8.80. The lowest BCUT2D eigenvalue weighted by atomic mass is 9.86. The predicted octanol–water partition coefficient (Wildman–Crippen LogP) is 6.38. The Morgan fingerprint density at radius 3 is 2.04 bits per heavy atom. The molecule has 136 valence electrons. The highest BCUT2D eigenvalue weighted by Crippen LogP contribution is 2.37. The zero-order valence-electron chi connectivity index (χ0n) is 16.6. The van der Waals surface area contributed by atoms with E-state index in [0.29, 0.717) is 11.8 Å². The van der Waals surface area contributed by atoms with E-state index < -0.39 is 0 Å². The molecule has 0 heterocycles. The normalized spacial score (nSPS) is 19.7. The Hall–Kier alpha value is -0.860. The van der Waals surface area contributed by atoms with Crippen molar-refractivity contribution in [1.82, 2.24) is 5.06 Å². The van der Waals surface area contributed by atoms with Crippen molar-refractivity contribution in [2.24, 2.45) is 11.8 Å². The molecule has 0 aromatic heterocycles. The molecule has 2 nitrogen and oxygen atoms in total. The van der Waals surface area contributed by atoms with Crippen LogP contribution >= 0.6 is 0 Å². The number of rotatable bonds is 6. The minimum atomic E-state index is -0.0340. The van der Waals surface area contributed by atoms with Crippen LogP contribution in [0.3, 0.4) is 0 Å². The van der Waals surface area contributed by atoms with Crippen LogP contribution in [0.25, 0.3) is 0 Å². The SMILES string of the molecule is CC(C)C(c1ccccc1)N(OC(C)C1CCCCC1)C(C)(C)C. The molecule has 2 rings (SSSR count). The Morgan fingerprint density at radius 1 is 0.958 bits per heavy atom. The van der Waals surface area contributed by atoms with Crippen LogP contribution in [-0.4, -0.2) is 16.7 Å². The Kier molecular flexibility index (Phi) is 6.88. The Labute approximate surface area is 149 Å². The van der Waals surface area contributed by atoms with Gasteiger partial charge in [0.05, 0.1) is 12.1 Å². The van der Waals surface area contributed by atoms with Gasteiger partial charge in [-0.1, -0.05) is 63.4 Å². The molecule has 0 N–H and O–H groups in total. The molecule has 0 aliphatic heterocycles. The highest BCUT2D eigenvalue weighted by Gasteiger charge is 2.36. The molecule has 1 aliphatic carbocycles. The molecule has 0 spiro atoms. The van der Waals surface area contributed by atoms with Gasteiger partial charge in [0.15, 0.2) is 0 Å². The minimum absolute atomic E-state index is 0.0340. The van der Waals surface area contributed by atoms with Crippen molar-refractivity contribution >= 4 is 0 Å². The first kappa shape index (κ1) is 19.5. The van der Waals surface area contributed by atoms with Crippen LogP contribution in [0.15, 0.2) is 30.3 Å². The molecular formula is C22H37NO. The summed E-state index contributed by atoms with van der Waals surface area (Å²) >= 11 is 0. The van der Waals surface area contributed by atoms with E-state index in [1.165, 1.54) is 37.7 Å². The molecule has 1 aromatic rings. The van der Waals surface area contributed by atoms with Gasteiger partial charge in [-0.15, -0.1) is 0 Å². The fourth-order valence-corrected chi connectivity index (χ4v) is 3.95. The number of benzene rings is 1. The number of hydrogen-bond acceptors (Lipinski definition) is 2. The molecule has 2 unspecified atom stereocenters. The summed E-state index contributed by atoms with van der Waals surface area (Å²) in [7, 11) is 0. The lowest BCUT2D eigenvalue weighted by Gasteiger charge is -2.45. The lowest BCUT2D eigenvalue weighted by Crippen LogP contribution is -2.48. The molecule has 2 heteroatoms. The third-order valence-corrected chi connectivity index (χ3v) is 5.28. The fraction of sp³-hybridized carbons (Fsp3) is 0.727. The first-order valence-corrected chi connectivity index (χ1v) is 9.81. The van der Waals surface area contributed by atoms with Crippen molar-refractivity contribution in [1.29, 1.82) is 0 Å². The van der Waals surface area contributed by atoms with Crippen molar-refractivity contribution < 1.29 is 4.84 Å². The van der Waals surface area contributed by atoms with Gasteiger partial charge in [-0.05, 0) is 57.9 Å². The Morgan fingerprint density at radius 2 is 1.54 bits per heavy atom. The summed E-state index contributed by atoms with van der Waals surface area (Å²) in [4.78, 5) is 6.67. The van der Waals surface area contributed by atoms with E-state index in [9.17, 15) is 0 Å². The van der Waals surface area contributed by atoms with Gasteiger partial charge in [-0.3, -0.25) is 4.84 Å². The number of hydrogen-bond donors (Lipinski definition) is 0. The first-order valence-electron chi connectivity index (χ1n) is 9.81. The predicted molar refractivity (Wildman–Crippen MR) is 103 cm³/mol. The van der Waals surface area contributed by atoms with Crippen molar-refractivity contribution in [2.45, 2.75) is 91.3 Å². The van der Waals surface area contributed by atoms with E-state index in [1.54, 1.807) is 0 Å². The quantitative estimate of drug-likeness (QED) is 0.560. The average molecular weight is 332 g/mol. The summed E-state index contributed by atoms with van der Waals surface area (Å²) in [6.45, 7) is 13.7. The maximum absolute atomic E-state index is 6.67. The molecule has 0 amide bonds. The summed E-state index contributed by atoms with van der Waals surface area (Å²) in [5.74, 6) is 1.19. The molecule has 24 heavy (non-hydrogen) atoms. The van der Waals surface area contributed by atoms with Gasteiger partial charge in [-0.25, -0.2) is 0 Å². The van der Waals surface area contributed by atoms with Crippen LogP contribution in [0.1, 0.15) is 85.3 Å². The van der Waals surface area contributed by atoms with Gasteiger partial charge in [0, 0.05) is 5.54 Å². The molecule has 1 fully saturated rings. The third kappa shape index (κ3) is 5.07. The number of hydroxylamine groups is 2. The summed E-state index contributed by atoms with van der Waals surface area (Å²) in [6.07, 6.45) is 7.04. The van der Waals surface area contributed by atoms with Crippen LogP contribution in [0, 0.1) is 11.8 Å². The van der Waals surface area contributed by atoms with Crippen LogP contribution in [-0.2, 0) is 4.84 Å². The molecule has 1 saturated carbocycles. The van der Waals surface area contributed by atoms with Crippen molar-refractivity contribution in [2.75, 3.05) is 0 Å². The molecular weight excluding hydrogens is 294 g/mol. The summed E-state index contributed by atoms with van der Waals surface area (Å²) in [5.41, 5.74) is 1.31. The van der Waals surface area contributed by atoms with Crippen molar-refractivity contribution in [3.05, 3.63) is 35.9 Å². The zero-order chi connectivity index (χ0) is 17.7. The molecule has 0 radical (unpaired) electrons. The first-order chi connectivity index (χ1) is 11.3. The van der Waals surface area contributed by atoms with E-state index in [0.717, 1.165) is 0 Å². The average Bonchev–Trinajstić information content (AvgIpc) is 2.55. The smallest absolute Gasteiger partial charge is 0.0793 e. The molecule has 0 bridgehead atoms. The summed E-state index contributed by atoms with van der Waals surface area (Å²) in [5, 5.41) is 2.28.